The summed E-state index contributed by atoms with van der Waals surface area (Å²) in [6.45, 7) is 7.44. The van der Waals surface area contributed by atoms with Crippen LogP contribution in [0.5, 0.6) is 5.75 Å². The summed E-state index contributed by atoms with van der Waals surface area (Å²) in [5.41, 5.74) is 14.8. The van der Waals surface area contributed by atoms with Crippen LogP contribution in [0.25, 0.3) is 0 Å². The maximum absolute atomic E-state index is 6.36. The van der Waals surface area contributed by atoms with E-state index in [0.29, 0.717) is 24.9 Å². The highest BCUT2D eigenvalue weighted by Gasteiger charge is 2.20. The van der Waals surface area contributed by atoms with Gasteiger partial charge in [0, 0.05) is 10.6 Å². The van der Waals surface area contributed by atoms with Gasteiger partial charge in [-0.15, -0.1) is 0 Å². The Morgan fingerprint density at radius 1 is 1.26 bits per heavy atom. The summed E-state index contributed by atoms with van der Waals surface area (Å²) in [7, 11) is 1.70. The SMILES string of the molecule is COc1cc(C)c(Cl)c(C)c1C(C)CC(CN)CN. The quantitative estimate of drug-likeness (QED) is 0.844. The molecule has 0 aromatic heterocycles. The number of nitrogens with two attached hydrogens (primary N) is 2. The van der Waals surface area contributed by atoms with Crippen molar-refractivity contribution in [2.45, 2.75) is 33.1 Å². The number of hydrogen-bond donors (Lipinski definition) is 2. The number of rotatable bonds is 6. The summed E-state index contributed by atoms with van der Waals surface area (Å²) in [6, 6.07) is 2.00. The van der Waals surface area contributed by atoms with Crippen LogP contribution in [-0.2, 0) is 0 Å². The van der Waals surface area contributed by atoms with Crippen LogP contribution >= 0.6 is 11.6 Å². The molecule has 1 rings (SSSR count). The van der Waals surface area contributed by atoms with Crippen molar-refractivity contribution in [1.82, 2.24) is 0 Å². The largest absolute Gasteiger partial charge is 0.496 e. The van der Waals surface area contributed by atoms with E-state index < -0.39 is 0 Å². The average Bonchev–Trinajstić information content (AvgIpc) is 2.41. The third-order valence-electron chi connectivity index (χ3n) is 3.76. The Morgan fingerprint density at radius 3 is 2.32 bits per heavy atom. The molecule has 4 heteroatoms. The molecule has 0 amide bonds. The molecular formula is C15H25ClN2O. The maximum Gasteiger partial charge on any atom is 0.122 e. The molecule has 108 valence electrons. The summed E-state index contributed by atoms with van der Waals surface area (Å²) in [4.78, 5) is 0. The van der Waals surface area contributed by atoms with E-state index in [1.165, 1.54) is 5.56 Å². The van der Waals surface area contributed by atoms with Gasteiger partial charge in [0.25, 0.3) is 0 Å². The molecule has 0 fully saturated rings. The fourth-order valence-electron chi connectivity index (χ4n) is 2.62. The number of hydrogen-bond acceptors (Lipinski definition) is 3. The standard InChI is InChI=1S/C15H25ClN2O/c1-9(5-12(7-17)8-18)14-11(3)15(16)10(2)6-13(14)19-4/h6,9,12H,5,7-8,17-18H2,1-4H3. The molecule has 1 aromatic carbocycles. The number of methoxy groups -OCH3 is 1. The van der Waals surface area contributed by atoms with Gasteiger partial charge >= 0.3 is 0 Å². The fraction of sp³-hybridized carbons (Fsp3) is 0.600. The number of aryl methyl sites for hydroxylation is 1. The minimum Gasteiger partial charge on any atom is -0.496 e. The van der Waals surface area contributed by atoms with Gasteiger partial charge in [-0.1, -0.05) is 18.5 Å². The van der Waals surface area contributed by atoms with E-state index in [9.17, 15) is 0 Å². The van der Waals surface area contributed by atoms with Crippen molar-refractivity contribution < 1.29 is 4.74 Å². The summed E-state index contributed by atoms with van der Waals surface area (Å²) in [6.07, 6.45) is 0.948. The molecule has 0 saturated carbocycles. The van der Waals surface area contributed by atoms with Crippen molar-refractivity contribution in [1.29, 1.82) is 0 Å². The van der Waals surface area contributed by atoms with Gasteiger partial charge in [-0.25, -0.2) is 0 Å². The molecule has 0 saturated heterocycles. The predicted octanol–water partition coefficient (Wildman–Crippen LogP) is 2.99. The normalized spacial score (nSPS) is 12.8. The molecular weight excluding hydrogens is 260 g/mol. The topological polar surface area (TPSA) is 61.3 Å². The third kappa shape index (κ3) is 3.62. The van der Waals surface area contributed by atoms with E-state index in [2.05, 4.69) is 6.92 Å². The van der Waals surface area contributed by atoms with Crippen molar-refractivity contribution in [3.63, 3.8) is 0 Å². The zero-order chi connectivity index (χ0) is 14.6. The highest BCUT2D eigenvalue weighted by Crippen LogP contribution is 2.38. The van der Waals surface area contributed by atoms with Crippen LogP contribution < -0.4 is 16.2 Å². The minimum atomic E-state index is 0.324. The second-order valence-corrected chi connectivity index (χ2v) is 5.60. The zero-order valence-electron chi connectivity index (χ0n) is 12.3. The van der Waals surface area contributed by atoms with Crippen LogP contribution in [0, 0.1) is 19.8 Å². The van der Waals surface area contributed by atoms with Crippen LogP contribution in [0.4, 0.5) is 0 Å². The zero-order valence-corrected chi connectivity index (χ0v) is 13.1. The molecule has 4 N–H and O–H groups in total. The first-order chi connectivity index (χ1) is 8.96. The third-order valence-corrected chi connectivity index (χ3v) is 4.34. The first-order valence-electron chi connectivity index (χ1n) is 6.69. The minimum absolute atomic E-state index is 0.324. The first-order valence-corrected chi connectivity index (χ1v) is 7.07. The van der Waals surface area contributed by atoms with E-state index in [1.54, 1.807) is 7.11 Å². The monoisotopic (exact) mass is 284 g/mol. The van der Waals surface area contributed by atoms with Crippen LogP contribution in [0.1, 0.15) is 36.0 Å². The molecule has 0 heterocycles. The van der Waals surface area contributed by atoms with Gasteiger partial charge in [-0.3, -0.25) is 0 Å². The lowest BCUT2D eigenvalue weighted by molar-refractivity contribution is 0.396. The van der Waals surface area contributed by atoms with E-state index in [1.807, 2.05) is 19.9 Å². The second-order valence-electron chi connectivity index (χ2n) is 5.22. The Labute approximate surface area is 121 Å². The fourth-order valence-corrected chi connectivity index (χ4v) is 2.78. The van der Waals surface area contributed by atoms with Gasteiger partial charge in [0.2, 0.25) is 0 Å². The smallest absolute Gasteiger partial charge is 0.122 e. The molecule has 0 bridgehead atoms. The van der Waals surface area contributed by atoms with E-state index in [-0.39, 0.29) is 0 Å². The highest BCUT2D eigenvalue weighted by atomic mass is 35.5. The molecule has 1 aromatic rings. The van der Waals surface area contributed by atoms with Crippen LogP contribution in [-0.4, -0.2) is 20.2 Å². The maximum atomic E-state index is 6.36. The summed E-state index contributed by atoms with van der Waals surface area (Å²) >= 11 is 6.36. The number of benzene rings is 1. The van der Waals surface area contributed by atoms with Crippen molar-refractivity contribution in [3.05, 3.63) is 27.8 Å². The first kappa shape index (κ1) is 16.3. The van der Waals surface area contributed by atoms with Crippen molar-refractivity contribution >= 4 is 11.6 Å². The lowest BCUT2D eigenvalue weighted by Gasteiger charge is -2.23. The Balaban J connectivity index is 3.14. The van der Waals surface area contributed by atoms with Crippen molar-refractivity contribution in [2.24, 2.45) is 17.4 Å². The number of halogens is 1. The van der Waals surface area contributed by atoms with Crippen molar-refractivity contribution in [2.75, 3.05) is 20.2 Å². The second kappa shape index (κ2) is 7.13. The molecule has 0 aliphatic heterocycles. The van der Waals surface area contributed by atoms with Crippen molar-refractivity contribution in [3.8, 4) is 5.75 Å². The van der Waals surface area contributed by atoms with Crippen LogP contribution in [0.3, 0.4) is 0 Å². The predicted molar refractivity (Wildman–Crippen MR) is 82.1 cm³/mol. The molecule has 0 aliphatic carbocycles. The van der Waals surface area contributed by atoms with Gasteiger partial charge < -0.3 is 16.2 Å². The Kier molecular flexibility index (Phi) is 6.11. The molecule has 0 radical (unpaired) electrons. The summed E-state index contributed by atoms with van der Waals surface area (Å²) < 4.78 is 5.51. The van der Waals surface area contributed by atoms with Gasteiger partial charge in [0.15, 0.2) is 0 Å². The lowest BCUT2D eigenvalue weighted by atomic mass is 9.86. The van der Waals surface area contributed by atoms with E-state index in [4.69, 9.17) is 27.8 Å². The summed E-state index contributed by atoms with van der Waals surface area (Å²) in [5, 5.41) is 0.819. The molecule has 1 unspecified atom stereocenters. The molecule has 1 atom stereocenters. The average molecular weight is 285 g/mol. The van der Waals surface area contributed by atoms with Gasteiger partial charge in [0.05, 0.1) is 7.11 Å². The summed E-state index contributed by atoms with van der Waals surface area (Å²) in [5.74, 6) is 1.56. The molecule has 3 nitrogen and oxygen atoms in total. The van der Waals surface area contributed by atoms with Gasteiger partial charge in [-0.05, 0) is 62.4 Å². The van der Waals surface area contributed by atoms with Gasteiger partial charge in [-0.2, -0.15) is 0 Å². The van der Waals surface area contributed by atoms with E-state index in [0.717, 1.165) is 28.3 Å². The Bertz CT molecular complexity index is 431. The highest BCUT2D eigenvalue weighted by molar-refractivity contribution is 6.32. The molecule has 0 spiro atoms. The van der Waals surface area contributed by atoms with Crippen LogP contribution in [0.2, 0.25) is 5.02 Å². The Morgan fingerprint density at radius 2 is 1.84 bits per heavy atom. The van der Waals surface area contributed by atoms with Gasteiger partial charge in [0.1, 0.15) is 5.75 Å². The molecule has 19 heavy (non-hydrogen) atoms. The number of ether oxygens (including phenoxy) is 1. The van der Waals surface area contributed by atoms with E-state index >= 15 is 0 Å². The lowest BCUT2D eigenvalue weighted by Crippen LogP contribution is -2.25. The molecule has 0 aliphatic rings. The Hall–Kier alpha value is -0.770. The van der Waals surface area contributed by atoms with Crippen LogP contribution in [0.15, 0.2) is 6.07 Å².